The van der Waals surface area contributed by atoms with Crippen molar-refractivity contribution >= 4 is 5.91 Å². The Hall–Kier alpha value is -3.54. The summed E-state index contributed by atoms with van der Waals surface area (Å²) in [5, 5.41) is 0. The van der Waals surface area contributed by atoms with Crippen molar-refractivity contribution < 1.29 is 19.0 Å². The van der Waals surface area contributed by atoms with Crippen molar-refractivity contribution in [3.05, 3.63) is 71.4 Å². The normalized spacial score (nSPS) is 14.9. The summed E-state index contributed by atoms with van der Waals surface area (Å²) in [7, 11) is 0. The van der Waals surface area contributed by atoms with Crippen molar-refractivity contribution in [1.29, 1.82) is 0 Å². The lowest BCUT2D eigenvalue weighted by molar-refractivity contribution is -0.133. The molecule has 146 valence electrons. The number of hydrogen-bond acceptors (Lipinski definition) is 5. The van der Waals surface area contributed by atoms with E-state index in [-0.39, 0.29) is 19.3 Å². The highest BCUT2D eigenvalue weighted by molar-refractivity contribution is 5.78. The third-order valence-corrected chi connectivity index (χ3v) is 5.27. The van der Waals surface area contributed by atoms with Gasteiger partial charge in [-0.1, -0.05) is 24.3 Å². The van der Waals surface area contributed by atoms with Gasteiger partial charge in [0.1, 0.15) is 11.4 Å². The van der Waals surface area contributed by atoms with Crippen LogP contribution in [0.5, 0.6) is 17.2 Å². The van der Waals surface area contributed by atoms with Crippen LogP contribution in [-0.4, -0.2) is 29.2 Å². The van der Waals surface area contributed by atoms with E-state index in [9.17, 15) is 4.79 Å². The first-order chi connectivity index (χ1) is 14.2. The van der Waals surface area contributed by atoms with Crippen LogP contribution < -0.4 is 14.2 Å². The summed E-state index contributed by atoms with van der Waals surface area (Å²) in [6, 6.07) is 17.6. The lowest BCUT2D eigenvalue weighted by atomic mass is 10.1. The number of amides is 1. The van der Waals surface area contributed by atoms with Gasteiger partial charge in [0.25, 0.3) is 5.91 Å². The number of hydrogen-bond donors (Lipinski definition) is 0. The van der Waals surface area contributed by atoms with Crippen LogP contribution in [0.1, 0.15) is 16.8 Å². The van der Waals surface area contributed by atoms with E-state index in [1.54, 1.807) is 4.90 Å². The number of pyridine rings is 1. The summed E-state index contributed by atoms with van der Waals surface area (Å²) in [6.45, 7) is 3.24. The average molecular weight is 388 g/mol. The van der Waals surface area contributed by atoms with Gasteiger partial charge in [-0.25, -0.2) is 4.98 Å². The second kappa shape index (κ2) is 7.13. The number of aryl methyl sites for hydroxylation is 1. The molecule has 0 unspecified atom stereocenters. The van der Waals surface area contributed by atoms with E-state index in [0.717, 1.165) is 33.8 Å². The smallest absolute Gasteiger partial charge is 0.261 e. The van der Waals surface area contributed by atoms with Crippen molar-refractivity contribution in [3.8, 4) is 28.5 Å². The van der Waals surface area contributed by atoms with Crippen LogP contribution in [0.2, 0.25) is 0 Å². The molecule has 2 aromatic carbocycles. The number of nitrogens with zero attached hydrogens (tertiary/aromatic N) is 2. The summed E-state index contributed by atoms with van der Waals surface area (Å²) in [4.78, 5) is 19.2. The van der Waals surface area contributed by atoms with Gasteiger partial charge in [-0.15, -0.1) is 0 Å². The van der Waals surface area contributed by atoms with Crippen LogP contribution in [0, 0.1) is 6.92 Å². The Kier molecular flexibility index (Phi) is 4.31. The van der Waals surface area contributed by atoms with E-state index < -0.39 is 0 Å². The zero-order valence-electron chi connectivity index (χ0n) is 16.1. The van der Waals surface area contributed by atoms with E-state index in [4.69, 9.17) is 19.2 Å². The first kappa shape index (κ1) is 17.6. The molecule has 3 heterocycles. The number of fused-ring (bicyclic) bond motifs is 2. The van der Waals surface area contributed by atoms with Gasteiger partial charge in [-0.05, 0) is 48.4 Å². The van der Waals surface area contributed by atoms with Gasteiger partial charge in [-0.3, -0.25) is 4.79 Å². The van der Waals surface area contributed by atoms with E-state index in [1.807, 2.05) is 48.5 Å². The minimum absolute atomic E-state index is 0.0178. The topological polar surface area (TPSA) is 60.9 Å². The molecule has 1 aromatic heterocycles. The third kappa shape index (κ3) is 3.38. The molecule has 5 rings (SSSR count). The molecule has 3 aromatic rings. The molecule has 2 aliphatic heterocycles. The van der Waals surface area contributed by atoms with Crippen molar-refractivity contribution in [2.45, 2.75) is 20.0 Å². The van der Waals surface area contributed by atoms with Gasteiger partial charge in [0.05, 0.1) is 12.2 Å². The fraction of sp³-hybridized carbons (Fsp3) is 0.217. The van der Waals surface area contributed by atoms with Gasteiger partial charge in [-0.2, -0.15) is 0 Å². The van der Waals surface area contributed by atoms with Crippen LogP contribution in [0.3, 0.4) is 0 Å². The molecule has 0 saturated carbocycles. The number of ether oxygens (including phenoxy) is 3. The van der Waals surface area contributed by atoms with Crippen molar-refractivity contribution in [2.24, 2.45) is 0 Å². The minimum Gasteiger partial charge on any atom is -0.482 e. The fourth-order valence-electron chi connectivity index (χ4n) is 3.59. The van der Waals surface area contributed by atoms with Gasteiger partial charge in [0, 0.05) is 12.1 Å². The van der Waals surface area contributed by atoms with Crippen molar-refractivity contribution in [1.82, 2.24) is 9.88 Å². The van der Waals surface area contributed by atoms with Gasteiger partial charge < -0.3 is 19.1 Å². The molecule has 6 heteroatoms. The molecule has 0 atom stereocenters. The number of benzene rings is 2. The zero-order valence-corrected chi connectivity index (χ0v) is 16.1. The largest absolute Gasteiger partial charge is 0.482 e. The first-order valence-corrected chi connectivity index (χ1v) is 9.52. The highest BCUT2D eigenvalue weighted by Crippen LogP contribution is 2.36. The third-order valence-electron chi connectivity index (χ3n) is 5.27. The Balaban J connectivity index is 1.45. The first-order valence-electron chi connectivity index (χ1n) is 9.52. The monoisotopic (exact) mass is 388 g/mol. The van der Waals surface area contributed by atoms with Gasteiger partial charge in [0.15, 0.2) is 18.1 Å². The maximum atomic E-state index is 12.6. The minimum atomic E-state index is -0.0455. The molecular weight excluding hydrogens is 368 g/mol. The molecule has 1 amide bonds. The number of aromatic nitrogens is 1. The SMILES string of the molecule is Cc1ccccc1CN1Cc2nc(-c3ccc4c(c3)OCO4)ccc2OCC1=O. The van der Waals surface area contributed by atoms with Crippen molar-refractivity contribution in [2.75, 3.05) is 13.4 Å². The maximum Gasteiger partial charge on any atom is 0.261 e. The standard InChI is InChI=1S/C23H20N2O4/c1-15-4-2-3-5-17(15)11-25-12-19-20(27-13-23(25)26)9-7-18(24-19)16-6-8-21-22(10-16)29-14-28-21/h2-10H,11-14H2,1H3. The van der Waals surface area contributed by atoms with Crippen LogP contribution in [0.4, 0.5) is 0 Å². The van der Waals surface area contributed by atoms with Crippen LogP contribution in [0.15, 0.2) is 54.6 Å². The predicted molar refractivity (Wildman–Crippen MR) is 107 cm³/mol. The van der Waals surface area contributed by atoms with Crippen molar-refractivity contribution in [3.63, 3.8) is 0 Å². The van der Waals surface area contributed by atoms with E-state index in [2.05, 4.69) is 13.0 Å². The summed E-state index contributed by atoms with van der Waals surface area (Å²) >= 11 is 0. The molecule has 0 bridgehead atoms. The lowest BCUT2D eigenvalue weighted by Crippen LogP contribution is -2.32. The Morgan fingerprint density at radius 3 is 2.69 bits per heavy atom. The number of carbonyl (C=O) groups excluding carboxylic acids is 1. The second-order valence-corrected chi connectivity index (χ2v) is 7.17. The van der Waals surface area contributed by atoms with Crippen LogP contribution in [-0.2, 0) is 17.9 Å². The molecule has 0 aliphatic carbocycles. The molecular formula is C23H20N2O4. The van der Waals surface area contributed by atoms with Crippen LogP contribution >= 0.6 is 0 Å². The van der Waals surface area contributed by atoms with E-state index in [1.165, 1.54) is 0 Å². The van der Waals surface area contributed by atoms with E-state index >= 15 is 0 Å². The van der Waals surface area contributed by atoms with Gasteiger partial charge in [0.2, 0.25) is 6.79 Å². The zero-order chi connectivity index (χ0) is 19.8. The molecule has 0 N–H and O–H groups in total. The highest BCUT2D eigenvalue weighted by atomic mass is 16.7. The van der Waals surface area contributed by atoms with Crippen LogP contribution in [0.25, 0.3) is 11.3 Å². The summed E-state index contributed by atoms with van der Waals surface area (Å²) < 4.78 is 16.6. The Morgan fingerprint density at radius 2 is 1.79 bits per heavy atom. The Bertz CT molecular complexity index is 1100. The lowest BCUT2D eigenvalue weighted by Gasteiger charge is -2.21. The molecule has 0 saturated heterocycles. The molecule has 29 heavy (non-hydrogen) atoms. The predicted octanol–water partition coefficient (Wildman–Crippen LogP) is 3.71. The molecule has 0 radical (unpaired) electrons. The Morgan fingerprint density at radius 1 is 0.966 bits per heavy atom. The molecule has 0 fully saturated rings. The second-order valence-electron chi connectivity index (χ2n) is 7.17. The summed E-state index contributed by atoms with van der Waals surface area (Å²) in [5.74, 6) is 2.06. The molecule has 2 aliphatic rings. The number of rotatable bonds is 3. The van der Waals surface area contributed by atoms with Gasteiger partial charge >= 0.3 is 0 Å². The van der Waals surface area contributed by atoms with E-state index in [0.29, 0.717) is 24.6 Å². The fourth-order valence-corrected chi connectivity index (χ4v) is 3.59. The molecule has 6 nitrogen and oxygen atoms in total. The molecule has 0 spiro atoms. The summed E-state index contributed by atoms with van der Waals surface area (Å²) in [6.07, 6.45) is 0. The Labute approximate surface area is 168 Å². The quantitative estimate of drug-likeness (QED) is 0.685. The highest BCUT2D eigenvalue weighted by Gasteiger charge is 2.24. The average Bonchev–Trinajstić information content (AvgIpc) is 3.15. The number of carbonyl (C=O) groups is 1. The summed E-state index contributed by atoms with van der Waals surface area (Å²) in [5.41, 5.74) is 4.76. The maximum absolute atomic E-state index is 12.6.